The van der Waals surface area contributed by atoms with Crippen LogP contribution in [0, 0.1) is 0 Å². The van der Waals surface area contributed by atoms with Gasteiger partial charge in [0.25, 0.3) is 0 Å². The van der Waals surface area contributed by atoms with E-state index in [0.717, 1.165) is 19.3 Å². The van der Waals surface area contributed by atoms with Gasteiger partial charge in [-0.15, -0.1) is 0 Å². The third kappa shape index (κ3) is 2.45. The van der Waals surface area contributed by atoms with Gasteiger partial charge in [0.1, 0.15) is 0 Å². The van der Waals surface area contributed by atoms with Crippen molar-refractivity contribution >= 4 is 5.91 Å². The second kappa shape index (κ2) is 4.64. The lowest BCUT2D eigenvalue weighted by Crippen LogP contribution is -2.38. The molecule has 1 heterocycles. The Morgan fingerprint density at radius 2 is 2.31 bits per heavy atom. The summed E-state index contributed by atoms with van der Waals surface area (Å²) in [5.41, 5.74) is 0. The smallest absolute Gasteiger partial charge is 0.223 e. The van der Waals surface area contributed by atoms with E-state index < -0.39 is 0 Å². The van der Waals surface area contributed by atoms with Crippen LogP contribution in [0.15, 0.2) is 0 Å². The zero-order valence-corrected chi connectivity index (χ0v) is 9.05. The summed E-state index contributed by atoms with van der Waals surface area (Å²) >= 11 is 0. The van der Waals surface area contributed by atoms with E-state index in [2.05, 4.69) is 25.7 Å². The average molecular weight is 183 g/mol. The van der Waals surface area contributed by atoms with Crippen LogP contribution >= 0.6 is 0 Å². The van der Waals surface area contributed by atoms with E-state index in [9.17, 15) is 4.79 Å². The van der Waals surface area contributed by atoms with Gasteiger partial charge in [0.05, 0.1) is 0 Å². The quantitative estimate of drug-likeness (QED) is 0.656. The maximum atomic E-state index is 11.5. The first kappa shape index (κ1) is 10.6. The lowest BCUT2D eigenvalue weighted by Gasteiger charge is -2.28. The Kier molecular flexibility index (Phi) is 3.76. The molecular formula is C11H21NO. The van der Waals surface area contributed by atoms with Crippen LogP contribution in [0.3, 0.4) is 0 Å². The molecule has 0 saturated carbocycles. The van der Waals surface area contributed by atoms with Crippen LogP contribution in [0.4, 0.5) is 0 Å². The zero-order valence-electron chi connectivity index (χ0n) is 9.05. The molecule has 0 aromatic heterocycles. The Balaban J connectivity index is 2.44. The first-order valence-electron chi connectivity index (χ1n) is 5.48. The van der Waals surface area contributed by atoms with Crippen molar-refractivity contribution in [3.63, 3.8) is 0 Å². The number of rotatable bonds is 4. The molecule has 1 rings (SSSR count). The lowest BCUT2D eigenvalue weighted by atomic mass is 10.1. The number of hydrogen-bond acceptors (Lipinski definition) is 1. The van der Waals surface area contributed by atoms with Gasteiger partial charge in [-0.2, -0.15) is 0 Å². The molecule has 2 unspecified atom stereocenters. The summed E-state index contributed by atoms with van der Waals surface area (Å²) in [6, 6.07) is 0.921. The SMILES string of the molecule is CCCCC(C)N1C(=O)CCC1C. The maximum Gasteiger partial charge on any atom is 0.223 e. The van der Waals surface area contributed by atoms with Crippen LogP contribution < -0.4 is 0 Å². The number of hydrogen-bond donors (Lipinski definition) is 0. The minimum Gasteiger partial charge on any atom is -0.337 e. The van der Waals surface area contributed by atoms with Crippen LogP contribution in [-0.2, 0) is 4.79 Å². The molecule has 0 aromatic carbocycles. The summed E-state index contributed by atoms with van der Waals surface area (Å²) in [6.45, 7) is 6.53. The van der Waals surface area contributed by atoms with E-state index in [1.165, 1.54) is 12.8 Å². The largest absolute Gasteiger partial charge is 0.337 e. The first-order chi connectivity index (χ1) is 6.16. The standard InChI is InChI=1S/C11H21NO/c1-4-5-6-9(2)12-10(3)7-8-11(12)13/h9-10H,4-8H2,1-3H3. The number of nitrogens with zero attached hydrogens (tertiary/aromatic N) is 1. The molecule has 13 heavy (non-hydrogen) atoms. The molecule has 0 N–H and O–H groups in total. The van der Waals surface area contributed by atoms with Crippen LogP contribution in [0.5, 0.6) is 0 Å². The Morgan fingerprint density at radius 1 is 1.62 bits per heavy atom. The van der Waals surface area contributed by atoms with Crippen molar-refractivity contribution in [3.8, 4) is 0 Å². The monoisotopic (exact) mass is 183 g/mol. The third-order valence-electron chi connectivity index (χ3n) is 2.99. The van der Waals surface area contributed by atoms with Crippen molar-refractivity contribution in [3.05, 3.63) is 0 Å². The van der Waals surface area contributed by atoms with Gasteiger partial charge in [0.15, 0.2) is 0 Å². The zero-order chi connectivity index (χ0) is 9.84. The van der Waals surface area contributed by atoms with Crippen LogP contribution in [-0.4, -0.2) is 22.9 Å². The summed E-state index contributed by atoms with van der Waals surface area (Å²) in [5, 5.41) is 0. The Hall–Kier alpha value is -0.530. The molecule has 76 valence electrons. The topological polar surface area (TPSA) is 20.3 Å². The highest BCUT2D eigenvalue weighted by Crippen LogP contribution is 2.23. The number of amides is 1. The highest BCUT2D eigenvalue weighted by Gasteiger charge is 2.30. The Bertz CT molecular complexity index is 179. The average Bonchev–Trinajstić information content (AvgIpc) is 2.42. The van der Waals surface area contributed by atoms with Crippen molar-refractivity contribution in [1.29, 1.82) is 0 Å². The number of unbranched alkanes of at least 4 members (excludes halogenated alkanes) is 1. The summed E-state index contributed by atoms with van der Waals surface area (Å²) in [7, 11) is 0. The molecule has 2 nitrogen and oxygen atoms in total. The van der Waals surface area contributed by atoms with Gasteiger partial charge in [0.2, 0.25) is 5.91 Å². The van der Waals surface area contributed by atoms with Crippen molar-refractivity contribution in [2.75, 3.05) is 0 Å². The minimum atomic E-state index is 0.358. The summed E-state index contributed by atoms with van der Waals surface area (Å²) in [6.07, 6.45) is 5.43. The van der Waals surface area contributed by atoms with Crippen LogP contribution in [0.2, 0.25) is 0 Å². The number of likely N-dealkylation sites (tertiary alicyclic amines) is 1. The van der Waals surface area contributed by atoms with E-state index >= 15 is 0 Å². The van der Waals surface area contributed by atoms with Crippen molar-refractivity contribution in [2.45, 2.75) is 65.0 Å². The molecule has 2 heteroatoms. The van der Waals surface area contributed by atoms with Gasteiger partial charge >= 0.3 is 0 Å². The van der Waals surface area contributed by atoms with Gasteiger partial charge in [-0.05, 0) is 26.7 Å². The van der Waals surface area contributed by atoms with Crippen molar-refractivity contribution in [2.24, 2.45) is 0 Å². The van der Waals surface area contributed by atoms with Gasteiger partial charge in [-0.3, -0.25) is 4.79 Å². The number of carbonyl (C=O) groups is 1. The van der Waals surface area contributed by atoms with E-state index in [1.807, 2.05) is 0 Å². The lowest BCUT2D eigenvalue weighted by molar-refractivity contribution is -0.130. The second-order valence-electron chi connectivity index (χ2n) is 4.18. The fraction of sp³-hybridized carbons (Fsp3) is 0.909. The number of carbonyl (C=O) groups excluding carboxylic acids is 1. The molecular weight excluding hydrogens is 162 g/mol. The summed E-state index contributed by atoms with van der Waals surface area (Å²) in [5.74, 6) is 0.358. The molecule has 1 saturated heterocycles. The van der Waals surface area contributed by atoms with Crippen LogP contribution in [0.1, 0.15) is 52.9 Å². The van der Waals surface area contributed by atoms with Crippen molar-refractivity contribution in [1.82, 2.24) is 4.90 Å². The molecule has 0 aromatic rings. The minimum absolute atomic E-state index is 0.358. The Labute approximate surface area is 81.3 Å². The third-order valence-corrected chi connectivity index (χ3v) is 2.99. The highest BCUT2D eigenvalue weighted by molar-refractivity contribution is 5.78. The summed E-state index contributed by atoms with van der Waals surface area (Å²) < 4.78 is 0. The summed E-state index contributed by atoms with van der Waals surface area (Å²) in [4.78, 5) is 13.6. The van der Waals surface area contributed by atoms with Crippen LogP contribution in [0.25, 0.3) is 0 Å². The first-order valence-corrected chi connectivity index (χ1v) is 5.48. The van der Waals surface area contributed by atoms with Crippen molar-refractivity contribution < 1.29 is 4.79 Å². The molecule has 0 spiro atoms. The second-order valence-corrected chi connectivity index (χ2v) is 4.18. The van der Waals surface area contributed by atoms with Gasteiger partial charge < -0.3 is 4.90 Å². The van der Waals surface area contributed by atoms with E-state index in [0.29, 0.717) is 18.0 Å². The van der Waals surface area contributed by atoms with Gasteiger partial charge in [-0.1, -0.05) is 19.8 Å². The van der Waals surface area contributed by atoms with E-state index in [-0.39, 0.29) is 0 Å². The predicted octanol–water partition coefficient (Wildman–Crippen LogP) is 2.58. The fourth-order valence-electron chi connectivity index (χ4n) is 2.17. The normalized spacial score (nSPS) is 25.3. The fourth-order valence-corrected chi connectivity index (χ4v) is 2.17. The molecule has 1 aliphatic heterocycles. The predicted molar refractivity (Wildman–Crippen MR) is 54.5 cm³/mol. The molecule has 2 atom stereocenters. The Morgan fingerprint density at radius 3 is 2.77 bits per heavy atom. The van der Waals surface area contributed by atoms with E-state index in [4.69, 9.17) is 0 Å². The molecule has 0 radical (unpaired) electrons. The highest BCUT2D eigenvalue weighted by atomic mass is 16.2. The molecule has 0 bridgehead atoms. The van der Waals surface area contributed by atoms with Gasteiger partial charge in [0, 0.05) is 18.5 Å². The van der Waals surface area contributed by atoms with E-state index in [1.54, 1.807) is 0 Å². The molecule has 1 fully saturated rings. The molecule has 1 amide bonds. The molecule has 0 aliphatic carbocycles. The maximum absolute atomic E-state index is 11.5. The molecule has 1 aliphatic rings. The van der Waals surface area contributed by atoms with Gasteiger partial charge in [-0.25, -0.2) is 0 Å².